The number of hydrogen-bond acceptors (Lipinski definition) is 3. The molecule has 0 spiro atoms. The molecule has 13 aromatic rings. The van der Waals surface area contributed by atoms with E-state index in [0.29, 0.717) is 44.8 Å². The first-order valence-electron chi connectivity index (χ1n) is 21.3. The Balaban J connectivity index is 1.20. The third kappa shape index (κ3) is 5.27. The third-order valence-electron chi connectivity index (χ3n) is 13.0. The molecule has 65 heavy (non-hydrogen) atoms. The Morgan fingerprint density at radius 1 is 0.477 bits per heavy atom. The molecule has 0 aliphatic heterocycles. The van der Waals surface area contributed by atoms with Crippen LogP contribution in [0.15, 0.2) is 185 Å². The molecule has 0 atom stereocenters. The second kappa shape index (κ2) is 13.5. The lowest BCUT2D eigenvalue weighted by molar-refractivity contribution is -0.137. The molecule has 0 aliphatic carbocycles. The van der Waals surface area contributed by atoms with E-state index in [0.717, 1.165) is 87.5 Å². The Bertz CT molecular complexity index is 4210. The molecule has 5 nitrogen and oxygen atoms in total. The molecule has 0 unspecified atom stereocenters. The first kappa shape index (κ1) is 37.1. The monoisotopic (exact) mass is 847 g/mol. The van der Waals surface area contributed by atoms with E-state index in [1.807, 2.05) is 91.0 Å². The number of benzene rings is 9. The summed E-state index contributed by atoms with van der Waals surface area (Å²) in [5, 5.41) is 18.9. The molecule has 0 radical (unpaired) electrons. The molecule has 0 N–H and O–H groups in total. The number of fused-ring (bicyclic) bond motifs is 14. The number of nitriles is 1. The van der Waals surface area contributed by atoms with E-state index in [2.05, 4.69) is 75.9 Å². The van der Waals surface area contributed by atoms with Crippen molar-refractivity contribution in [3.8, 4) is 39.7 Å². The van der Waals surface area contributed by atoms with Crippen molar-refractivity contribution in [2.75, 3.05) is 0 Å². The van der Waals surface area contributed by atoms with Crippen LogP contribution in [-0.2, 0) is 6.18 Å². The van der Waals surface area contributed by atoms with Gasteiger partial charge in [-0.05, 0) is 102 Å². The summed E-state index contributed by atoms with van der Waals surface area (Å²) < 4.78 is 61.8. The topological polar surface area (TPSA) is 59.9 Å². The lowest BCUT2D eigenvalue weighted by atomic mass is 9.88. The van der Waals surface area contributed by atoms with Crippen LogP contribution < -0.4 is 0 Å². The molecular weight excluding hydrogens is 816 g/mol. The van der Waals surface area contributed by atoms with Gasteiger partial charge in [0.05, 0.1) is 61.4 Å². The van der Waals surface area contributed by atoms with E-state index in [9.17, 15) is 18.4 Å². The average Bonchev–Trinajstić information content (AvgIpc) is 4.08. The van der Waals surface area contributed by atoms with Crippen LogP contribution in [-0.4, -0.2) is 9.13 Å². The van der Waals surface area contributed by atoms with Gasteiger partial charge in [-0.2, -0.15) is 18.4 Å². The van der Waals surface area contributed by atoms with Crippen molar-refractivity contribution in [1.29, 1.82) is 5.26 Å². The Morgan fingerprint density at radius 2 is 0.985 bits per heavy atom. The van der Waals surface area contributed by atoms with Crippen molar-refractivity contribution >= 4 is 87.5 Å². The smallest absolute Gasteiger partial charge is 0.416 e. The van der Waals surface area contributed by atoms with Gasteiger partial charge >= 0.3 is 6.18 Å². The summed E-state index contributed by atoms with van der Waals surface area (Å²) in [6.07, 6.45) is -4.59. The standard InChI is InChI=1S/C57H32F3N3O2/c1-32-28-34(30-35(29-32)57(58,59)60)36-17-11-21-46(63-44-19-7-3-16-42(44)54-48(63)27-25-40-38-14-5-9-23-50(38)65-56(40)54)52(36)51-33(31-61)12-10-20-45(51)62-43-18-6-2-15-41(43)53-47(62)26-24-39-37-13-4-8-22-49(37)64-55(39)53/h2-30H,1H3. The number of aryl methyl sites for hydroxylation is 1. The second-order valence-electron chi connectivity index (χ2n) is 16.7. The minimum atomic E-state index is -4.59. The molecule has 308 valence electrons. The number of alkyl halides is 3. The van der Waals surface area contributed by atoms with E-state index in [1.165, 1.54) is 12.1 Å². The summed E-state index contributed by atoms with van der Waals surface area (Å²) in [6.45, 7) is 1.68. The molecule has 4 aromatic heterocycles. The molecule has 8 heteroatoms. The lowest BCUT2D eigenvalue weighted by Gasteiger charge is -2.23. The van der Waals surface area contributed by atoms with Gasteiger partial charge in [-0.25, -0.2) is 0 Å². The summed E-state index contributed by atoms with van der Waals surface area (Å²) in [4.78, 5) is 0. The molecule has 0 aliphatic rings. The summed E-state index contributed by atoms with van der Waals surface area (Å²) in [7, 11) is 0. The maximum Gasteiger partial charge on any atom is 0.416 e. The maximum absolute atomic E-state index is 14.7. The van der Waals surface area contributed by atoms with Crippen molar-refractivity contribution in [3.63, 3.8) is 0 Å². The predicted octanol–water partition coefficient (Wildman–Crippen LogP) is 16.2. The third-order valence-corrected chi connectivity index (χ3v) is 13.0. The lowest BCUT2D eigenvalue weighted by Crippen LogP contribution is -2.07. The van der Waals surface area contributed by atoms with E-state index >= 15 is 0 Å². The number of halogens is 3. The van der Waals surface area contributed by atoms with Gasteiger partial charge in [-0.15, -0.1) is 0 Å². The van der Waals surface area contributed by atoms with Crippen LogP contribution in [0.25, 0.3) is 121 Å². The summed E-state index contributed by atoms with van der Waals surface area (Å²) >= 11 is 0. The van der Waals surface area contributed by atoms with Gasteiger partial charge < -0.3 is 18.0 Å². The molecule has 4 heterocycles. The van der Waals surface area contributed by atoms with Gasteiger partial charge in [-0.1, -0.05) is 97.1 Å². The van der Waals surface area contributed by atoms with Crippen LogP contribution in [0.2, 0.25) is 0 Å². The van der Waals surface area contributed by atoms with Crippen LogP contribution in [0.3, 0.4) is 0 Å². The molecule has 0 amide bonds. The number of rotatable bonds is 4. The molecule has 13 rings (SSSR count). The number of hydrogen-bond donors (Lipinski definition) is 0. The minimum Gasteiger partial charge on any atom is -0.455 e. The number of furan rings is 2. The van der Waals surface area contributed by atoms with Gasteiger partial charge in [0.2, 0.25) is 0 Å². The molecule has 0 fully saturated rings. The fourth-order valence-electron chi connectivity index (χ4n) is 10.4. The zero-order valence-electron chi connectivity index (χ0n) is 34.5. The van der Waals surface area contributed by atoms with Crippen molar-refractivity contribution in [2.45, 2.75) is 13.1 Å². The highest BCUT2D eigenvalue weighted by Gasteiger charge is 2.32. The fraction of sp³-hybridized carbons (Fsp3) is 0.0351. The van der Waals surface area contributed by atoms with Crippen LogP contribution >= 0.6 is 0 Å². The number of para-hydroxylation sites is 4. The predicted molar refractivity (Wildman–Crippen MR) is 255 cm³/mol. The zero-order valence-corrected chi connectivity index (χ0v) is 34.5. The molecule has 9 aromatic carbocycles. The SMILES string of the molecule is Cc1cc(-c2cccc(-n3c4ccccc4c4c5oc6ccccc6c5ccc43)c2-c2c(C#N)cccc2-n2c3ccccc3c3c4oc5ccccc5c4ccc32)cc(C(F)(F)F)c1. The Morgan fingerprint density at radius 3 is 1.54 bits per heavy atom. The summed E-state index contributed by atoms with van der Waals surface area (Å²) in [5.41, 5.74) is 10.0. The largest absolute Gasteiger partial charge is 0.455 e. The van der Waals surface area contributed by atoms with Crippen LogP contribution in [0.4, 0.5) is 13.2 Å². The van der Waals surface area contributed by atoms with Gasteiger partial charge in [0.15, 0.2) is 0 Å². The fourth-order valence-corrected chi connectivity index (χ4v) is 10.4. The molecular formula is C57H32F3N3O2. The summed E-state index contributed by atoms with van der Waals surface area (Å²) in [6, 6.07) is 58.6. The van der Waals surface area contributed by atoms with Crippen molar-refractivity contribution in [1.82, 2.24) is 9.13 Å². The van der Waals surface area contributed by atoms with Crippen molar-refractivity contribution < 1.29 is 22.0 Å². The van der Waals surface area contributed by atoms with Crippen LogP contribution in [0.5, 0.6) is 0 Å². The number of nitrogens with zero attached hydrogens (tertiary/aromatic N) is 3. The zero-order chi connectivity index (χ0) is 43.7. The minimum absolute atomic E-state index is 0.357. The van der Waals surface area contributed by atoms with Crippen LogP contribution in [0, 0.1) is 18.3 Å². The molecule has 0 saturated heterocycles. The van der Waals surface area contributed by atoms with Crippen molar-refractivity contribution in [3.05, 3.63) is 193 Å². The van der Waals surface area contributed by atoms with Crippen molar-refractivity contribution in [2.24, 2.45) is 0 Å². The van der Waals surface area contributed by atoms with Gasteiger partial charge in [0, 0.05) is 43.4 Å². The Kier molecular flexibility index (Phi) is 7.68. The van der Waals surface area contributed by atoms with E-state index in [-0.39, 0.29) is 0 Å². The van der Waals surface area contributed by atoms with Gasteiger partial charge in [-0.3, -0.25) is 0 Å². The summed E-state index contributed by atoms with van der Waals surface area (Å²) in [5.74, 6) is 0. The van der Waals surface area contributed by atoms with Gasteiger partial charge in [0.1, 0.15) is 22.3 Å². The molecule has 0 saturated carbocycles. The highest BCUT2D eigenvalue weighted by atomic mass is 19.4. The van der Waals surface area contributed by atoms with Crippen LogP contribution in [0.1, 0.15) is 16.7 Å². The van der Waals surface area contributed by atoms with E-state index < -0.39 is 11.7 Å². The highest BCUT2D eigenvalue weighted by molar-refractivity contribution is 6.25. The normalized spacial score (nSPS) is 12.3. The number of aromatic nitrogens is 2. The van der Waals surface area contributed by atoms with E-state index in [1.54, 1.807) is 19.1 Å². The quantitative estimate of drug-likeness (QED) is 0.177. The Labute approximate surface area is 368 Å². The van der Waals surface area contributed by atoms with E-state index in [4.69, 9.17) is 8.83 Å². The second-order valence-corrected chi connectivity index (χ2v) is 16.7. The molecule has 0 bridgehead atoms. The highest BCUT2D eigenvalue weighted by Crippen LogP contribution is 2.49. The first-order chi connectivity index (χ1) is 31.8. The first-order valence-corrected chi connectivity index (χ1v) is 21.3. The maximum atomic E-state index is 14.7. The average molecular weight is 848 g/mol. The van der Waals surface area contributed by atoms with Gasteiger partial charge in [0.25, 0.3) is 0 Å². The Hall–Kier alpha value is -8.54.